The summed E-state index contributed by atoms with van der Waals surface area (Å²) in [5, 5.41) is 4.75. The maximum absolute atomic E-state index is 10.5. The van der Waals surface area contributed by atoms with Crippen LogP contribution in [-0.2, 0) is 9.53 Å². The summed E-state index contributed by atoms with van der Waals surface area (Å²) in [6.45, 7) is 6.94. The molecule has 0 aliphatic rings. The van der Waals surface area contributed by atoms with Gasteiger partial charge in [0.1, 0.15) is 5.60 Å². The van der Waals surface area contributed by atoms with Gasteiger partial charge < -0.3 is 15.4 Å². The summed E-state index contributed by atoms with van der Waals surface area (Å²) in [5.41, 5.74) is -0.389. The molecule has 2 amide bonds. The highest BCUT2D eigenvalue weighted by molar-refractivity contribution is 5.72. The van der Waals surface area contributed by atoms with Crippen LogP contribution in [0.5, 0.6) is 0 Å². The van der Waals surface area contributed by atoms with Gasteiger partial charge in [0.05, 0.1) is 0 Å². The molecule has 84 valence electrons. The van der Waals surface area contributed by atoms with Gasteiger partial charge in [0.25, 0.3) is 0 Å². The van der Waals surface area contributed by atoms with E-state index in [2.05, 4.69) is 10.6 Å². The quantitative estimate of drug-likeness (QED) is 0.616. The minimum Gasteiger partial charge on any atom is -0.444 e. The fourth-order valence-corrected chi connectivity index (χ4v) is 0.329. The number of carbonyl (C=O) groups is 2. The number of hydrogen-bond donors (Lipinski definition) is 2. The molecule has 5 heteroatoms. The monoisotopic (exact) mass is 204 g/mol. The van der Waals surface area contributed by atoms with Crippen molar-refractivity contribution >= 4 is 12.0 Å². The molecule has 5 nitrogen and oxygen atoms in total. The zero-order valence-electron chi connectivity index (χ0n) is 9.72. The highest BCUT2D eigenvalue weighted by Gasteiger charge is 2.13. The minimum absolute atomic E-state index is 0.00463. The highest BCUT2D eigenvalue weighted by atomic mass is 16.6. The molecule has 0 aromatic heterocycles. The predicted molar refractivity (Wildman–Crippen MR) is 55.0 cm³/mol. The van der Waals surface area contributed by atoms with Crippen LogP contribution in [0.3, 0.4) is 0 Å². The topological polar surface area (TPSA) is 67.4 Å². The fraction of sp³-hybridized carbons (Fsp3) is 0.778. The Morgan fingerprint density at radius 1 is 1.07 bits per heavy atom. The van der Waals surface area contributed by atoms with Crippen LogP contribution >= 0.6 is 0 Å². The van der Waals surface area contributed by atoms with Gasteiger partial charge in [-0.3, -0.25) is 4.79 Å². The maximum atomic E-state index is 10.5. The molecular weight excluding hydrogens is 184 g/mol. The molecule has 0 atom stereocenters. The molecule has 0 saturated carbocycles. The lowest BCUT2D eigenvalue weighted by atomic mass is 10.2. The van der Waals surface area contributed by atoms with Crippen molar-refractivity contribution in [1.29, 1.82) is 0 Å². The summed E-state index contributed by atoms with van der Waals surface area (Å²) in [4.78, 5) is 20.2. The number of rotatable bonds is 0. The van der Waals surface area contributed by atoms with E-state index in [-0.39, 0.29) is 17.6 Å². The molecule has 0 rings (SSSR count). The number of ether oxygens (including phenoxy) is 1. The van der Waals surface area contributed by atoms with E-state index in [0.29, 0.717) is 0 Å². The number of carbonyl (C=O) groups excluding carboxylic acids is 2. The number of nitrogens with one attached hydrogen (secondary N) is 2. The third kappa shape index (κ3) is 17.0. The van der Waals surface area contributed by atoms with Crippen LogP contribution in [0.4, 0.5) is 4.79 Å². The summed E-state index contributed by atoms with van der Waals surface area (Å²) >= 11 is 0. The highest BCUT2D eigenvalue weighted by Crippen LogP contribution is 2.05. The summed E-state index contributed by atoms with van der Waals surface area (Å²) in [6, 6.07) is 0. The van der Waals surface area contributed by atoms with Crippen molar-refractivity contribution in [3.63, 3.8) is 0 Å². The molecule has 14 heavy (non-hydrogen) atoms. The lowest BCUT2D eigenvalue weighted by Gasteiger charge is -2.18. The summed E-state index contributed by atoms with van der Waals surface area (Å²) < 4.78 is 4.84. The Hall–Kier alpha value is -1.26. The van der Waals surface area contributed by atoms with Crippen molar-refractivity contribution in [1.82, 2.24) is 10.6 Å². The van der Waals surface area contributed by atoms with Crippen molar-refractivity contribution in [3.8, 4) is 0 Å². The normalized spacial score (nSPS) is 9.29. The molecule has 0 heterocycles. The molecule has 0 aliphatic carbocycles. The van der Waals surface area contributed by atoms with Crippen molar-refractivity contribution in [3.05, 3.63) is 0 Å². The Balaban J connectivity index is 0. The Labute approximate surface area is 85.2 Å². The summed E-state index contributed by atoms with van der Waals surface area (Å²) in [7, 11) is 3.14. The zero-order valence-corrected chi connectivity index (χ0v) is 9.72. The number of alkyl carbamates (subject to hydrolysis) is 1. The maximum Gasteiger partial charge on any atom is 0.407 e. The third-order valence-corrected chi connectivity index (χ3v) is 0.955. The second kappa shape index (κ2) is 7.17. The van der Waals surface area contributed by atoms with E-state index in [4.69, 9.17) is 4.74 Å². The SMILES string of the molecule is CNC(=O)OC(C)(C)C.CNC(C)=O. The molecule has 0 aromatic carbocycles. The fourth-order valence-electron chi connectivity index (χ4n) is 0.329. The molecule has 0 unspecified atom stereocenters. The number of hydrogen-bond acceptors (Lipinski definition) is 3. The van der Waals surface area contributed by atoms with Crippen molar-refractivity contribution < 1.29 is 14.3 Å². The van der Waals surface area contributed by atoms with Gasteiger partial charge in [-0.15, -0.1) is 0 Å². The molecule has 0 fully saturated rings. The van der Waals surface area contributed by atoms with Gasteiger partial charge in [0.15, 0.2) is 0 Å². The summed E-state index contributed by atoms with van der Waals surface area (Å²) in [6.07, 6.45) is -0.387. The molecule has 0 bridgehead atoms. The lowest BCUT2D eigenvalue weighted by molar-refractivity contribution is -0.118. The molecule has 0 aliphatic heterocycles. The molecule has 0 aromatic rings. The largest absolute Gasteiger partial charge is 0.444 e. The van der Waals surface area contributed by atoms with E-state index in [9.17, 15) is 9.59 Å². The molecule has 0 spiro atoms. The van der Waals surface area contributed by atoms with Gasteiger partial charge >= 0.3 is 6.09 Å². The average molecular weight is 204 g/mol. The van der Waals surface area contributed by atoms with E-state index in [1.54, 1.807) is 7.05 Å². The predicted octanol–water partition coefficient (Wildman–Crippen LogP) is 0.893. The smallest absolute Gasteiger partial charge is 0.407 e. The van der Waals surface area contributed by atoms with Gasteiger partial charge in [-0.05, 0) is 20.8 Å². The first-order valence-corrected chi connectivity index (χ1v) is 4.32. The second-order valence-corrected chi connectivity index (χ2v) is 3.56. The van der Waals surface area contributed by atoms with Crippen LogP contribution in [0.2, 0.25) is 0 Å². The van der Waals surface area contributed by atoms with Crippen molar-refractivity contribution in [2.75, 3.05) is 14.1 Å². The van der Waals surface area contributed by atoms with Crippen LogP contribution in [-0.4, -0.2) is 31.7 Å². The standard InChI is InChI=1S/C6H13NO2.C3H7NO/c1-6(2,3)9-5(8)7-4;1-3(5)4-2/h1-4H3,(H,7,8);1-2H3,(H,4,5). The molecule has 0 saturated heterocycles. The Morgan fingerprint density at radius 3 is 1.50 bits per heavy atom. The van der Waals surface area contributed by atoms with Crippen LogP contribution < -0.4 is 10.6 Å². The van der Waals surface area contributed by atoms with Gasteiger partial charge in [-0.25, -0.2) is 4.79 Å². The first kappa shape index (κ1) is 15.2. The van der Waals surface area contributed by atoms with Crippen LogP contribution in [0.1, 0.15) is 27.7 Å². The van der Waals surface area contributed by atoms with E-state index in [1.165, 1.54) is 14.0 Å². The van der Waals surface area contributed by atoms with Gasteiger partial charge in [0, 0.05) is 21.0 Å². The third-order valence-electron chi connectivity index (χ3n) is 0.955. The Kier molecular flexibility index (Phi) is 7.80. The van der Waals surface area contributed by atoms with Crippen LogP contribution in [0.15, 0.2) is 0 Å². The lowest BCUT2D eigenvalue weighted by Crippen LogP contribution is -2.30. The molecule has 2 N–H and O–H groups in total. The molecule has 0 radical (unpaired) electrons. The second-order valence-electron chi connectivity index (χ2n) is 3.56. The van der Waals surface area contributed by atoms with Crippen LogP contribution in [0, 0.1) is 0 Å². The van der Waals surface area contributed by atoms with Gasteiger partial charge in [-0.2, -0.15) is 0 Å². The Morgan fingerprint density at radius 2 is 1.43 bits per heavy atom. The van der Waals surface area contributed by atoms with Crippen molar-refractivity contribution in [2.24, 2.45) is 0 Å². The van der Waals surface area contributed by atoms with E-state index in [0.717, 1.165) is 0 Å². The van der Waals surface area contributed by atoms with Crippen LogP contribution in [0.25, 0.3) is 0 Å². The zero-order chi connectivity index (χ0) is 11.8. The number of amides is 2. The van der Waals surface area contributed by atoms with Gasteiger partial charge in [0.2, 0.25) is 5.91 Å². The minimum atomic E-state index is -0.389. The van der Waals surface area contributed by atoms with E-state index >= 15 is 0 Å². The van der Waals surface area contributed by atoms with E-state index < -0.39 is 0 Å². The molecular formula is C9H20N2O3. The first-order chi connectivity index (χ1) is 6.22. The summed E-state index contributed by atoms with van der Waals surface area (Å²) in [5.74, 6) is 0.00463. The average Bonchev–Trinajstić information content (AvgIpc) is 2.02. The van der Waals surface area contributed by atoms with Gasteiger partial charge in [-0.1, -0.05) is 0 Å². The van der Waals surface area contributed by atoms with Crippen molar-refractivity contribution in [2.45, 2.75) is 33.3 Å². The first-order valence-electron chi connectivity index (χ1n) is 4.32. The van der Waals surface area contributed by atoms with E-state index in [1.807, 2.05) is 20.8 Å². The Bertz CT molecular complexity index is 185.